The number of aliphatic hydroxyl groups excluding tert-OH is 1. The molecule has 0 spiro atoms. The van der Waals surface area contributed by atoms with Crippen molar-refractivity contribution >= 4 is 11.4 Å². The molecule has 2 rings (SSSR count). The summed E-state index contributed by atoms with van der Waals surface area (Å²) in [5.74, 6) is -1.36. The van der Waals surface area contributed by atoms with Gasteiger partial charge in [0.15, 0.2) is 0 Å². The zero-order valence-electron chi connectivity index (χ0n) is 10.9. The van der Waals surface area contributed by atoms with Gasteiger partial charge in [0.25, 0.3) is 0 Å². The van der Waals surface area contributed by atoms with Crippen molar-refractivity contribution in [1.29, 1.82) is 0 Å². The summed E-state index contributed by atoms with van der Waals surface area (Å²) < 4.78 is 5.42. The first-order valence-electron chi connectivity index (χ1n) is 6.05. The minimum absolute atomic E-state index is 0.300. The first kappa shape index (κ1) is 14.1. The highest BCUT2D eigenvalue weighted by Crippen LogP contribution is 2.28. The minimum atomic E-state index is -1.81. The highest BCUT2D eigenvalue weighted by atomic mass is 16.5. The van der Waals surface area contributed by atoms with Gasteiger partial charge >= 0.3 is 0 Å². The van der Waals surface area contributed by atoms with Crippen LogP contribution in [0.1, 0.15) is 11.7 Å². The van der Waals surface area contributed by atoms with E-state index in [2.05, 4.69) is 0 Å². The van der Waals surface area contributed by atoms with E-state index in [0.717, 1.165) is 0 Å². The quantitative estimate of drug-likeness (QED) is 0.408. The molecule has 1 atom stereocenters. The van der Waals surface area contributed by atoms with E-state index in [1.807, 2.05) is 6.07 Å². The molecule has 20 heavy (non-hydrogen) atoms. The van der Waals surface area contributed by atoms with Crippen molar-refractivity contribution in [1.82, 2.24) is 0 Å². The molecule has 0 aliphatic heterocycles. The van der Waals surface area contributed by atoms with Crippen LogP contribution in [0.5, 0.6) is 5.75 Å². The van der Waals surface area contributed by atoms with Gasteiger partial charge in [-0.05, 0) is 24.3 Å². The summed E-state index contributed by atoms with van der Waals surface area (Å²) in [7, 11) is 0. The molecule has 0 aliphatic carbocycles. The molecule has 0 aliphatic rings. The van der Waals surface area contributed by atoms with E-state index in [4.69, 9.17) is 27.7 Å². The number of ether oxygens (including phenoxy) is 1. The number of rotatable bonds is 4. The lowest BCUT2D eigenvalue weighted by Crippen LogP contribution is -2.59. The molecule has 1 unspecified atom stereocenters. The Hall–Kier alpha value is -2.28. The molecule has 0 aromatic heterocycles. The Bertz CT molecular complexity index is 587. The second-order valence-electron chi connectivity index (χ2n) is 4.56. The van der Waals surface area contributed by atoms with Gasteiger partial charge in [-0.2, -0.15) is 0 Å². The first-order valence-corrected chi connectivity index (χ1v) is 6.05. The summed E-state index contributed by atoms with van der Waals surface area (Å²) in [5, 5.41) is 10.3. The molecular weight excluding hydrogens is 256 g/mol. The van der Waals surface area contributed by atoms with Crippen LogP contribution in [0.2, 0.25) is 0 Å². The van der Waals surface area contributed by atoms with E-state index < -0.39 is 12.0 Å². The van der Waals surface area contributed by atoms with Crippen LogP contribution in [-0.2, 0) is 0 Å². The summed E-state index contributed by atoms with van der Waals surface area (Å²) >= 11 is 0. The molecule has 9 N–H and O–H groups in total. The molecule has 0 bridgehead atoms. The molecule has 0 saturated heterocycles. The van der Waals surface area contributed by atoms with Crippen molar-refractivity contribution in [3.05, 3.63) is 54.1 Å². The van der Waals surface area contributed by atoms with Gasteiger partial charge in [-0.1, -0.05) is 24.3 Å². The summed E-state index contributed by atoms with van der Waals surface area (Å²) in [5.41, 5.74) is 24.3. The van der Waals surface area contributed by atoms with Crippen LogP contribution in [0, 0.1) is 0 Å². The summed E-state index contributed by atoms with van der Waals surface area (Å²) in [6, 6.07) is 13.4. The molecule has 0 fully saturated rings. The maximum absolute atomic E-state index is 10.3. The third-order valence-electron chi connectivity index (χ3n) is 2.87. The molecular formula is C14H18N4O2. The Labute approximate surface area is 116 Å². The number of aliphatic hydroxyl groups is 1. The number of hydrogen-bond donors (Lipinski definition) is 5. The van der Waals surface area contributed by atoms with Crippen LogP contribution in [-0.4, -0.2) is 11.0 Å². The van der Waals surface area contributed by atoms with Crippen molar-refractivity contribution in [3.63, 3.8) is 0 Å². The second-order valence-corrected chi connectivity index (χ2v) is 4.56. The van der Waals surface area contributed by atoms with Crippen LogP contribution < -0.4 is 27.7 Å². The Morgan fingerprint density at radius 1 is 1.00 bits per heavy atom. The molecule has 0 amide bonds. The Balaban J connectivity index is 2.24. The van der Waals surface area contributed by atoms with Gasteiger partial charge in [-0.25, -0.2) is 0 Å². The minimum Gasteiger partial charge on any atom is -0.457 e. The highest BCUT2D eigenvalue weighted by molar-refractivity contribution is 5.57. The fraction of sp³-hybridized carbons (Fsp3) is 0.143. The van der Waals surface area contributed by atoms with Crippen molar-refractivity contribution in [2.45, 2.75) is 12.0 Å². The highest BCUT2D eigenvalue weighted by Gasteiger charge is 2.34. The van der Waals surface area contributed by atoms with E-state index >= 15 is 0 Å². The van der Waals surface area contributed by atoms with Crippen molar-refractivity contribution in [2.24, 2.45) is 11.5 Å². The van der Waals surface area contributed by atoms with E-state index in [1.165, 1.54) is 6.07 Å². The van der Waals surface area contributed by atoms with Crippen LogP contribution >= 0.6 is 0 Å². The number of nitrogen functional groups attached to an aromatic ring is 2. The second kappa shape index (κ2) is 5.38. The Morgan fingerprint density at radius 3 is 2.25 bits per heavy atom. The summed E-state index contributed by atoms with van der Waals surface area (Å²) in [6.07, 6.45) is -1.30. The SMILES string of the molecule is Nc1ccc(C(O)C(N)(N)Oc2ccccc2)c(N)c1. The third-order valence-corrected chi connectivity index (χ3v) is 2.87. The lowest BCUT2D eigenvalue weighted by molar-refractivity contribution is -0.0481. The number of nitrogens with two attached hydrogens (primary N) is 4. The molecule has 0 saturated carbocycles. The third kappa shape index (κ3) is 3.00. The smallest absolute Gasteiger partial charge is 0.243 e. The van der Waals surface area contributed by atoms with Crippen LogP contribution in [0.15, 0.2) is 48.5 Å². The average molecular weight is 274 g/mol. The van der Waals surface area contributed by atoms with Gasteiger partial charge in [0, 0.05) is 16.9 Å². The molecule has 0 heterocycles. The van der Waals surface area contributed by atoms with Gasteiger partial charge in [0.05, 0.1) is 0 Å². The Morgan fingerprint density at radius 2 is 1.65 bits per heavy atom. The largest absolute Gasteiger partial charge is 0.457 e. The lowest BCUT2D eigenvalue weighted by atomic mass is 10.0. The molecule has 6 nitrogen and oxygen atoms in total. The standard InChI is InChI=1S/C14H18N4O2/c15-9-6-7-11(12(16)8-9)13(19)14(17,18)20-10-4-2-1-3-5-10/h1-8,13,19H,15-18H2. The number of para-hydroxylation sites is 1. The maximum atomic E-state index is 10.3. The average Bonchev–Trinajstić information content (AvgIpc) is 2.38. The molecule has 6 heteroatoms. The molecule has 0 radical (unpaired) electrons. The predicted molar refractivity (Wildman–Crippen MR) is 78.4 cm³/mol. The number of anilines is 2. The fourth-order valence-electron chi connectivity index (χ4n) is 1.83. The lowest BCUT2D eigenvalue weighted by Gasteiger charge is -2.31. The van der Waals surface area contributed by atoms with E-state index in [9.17, 15) is 5.11 Å². The number of hydrogen-bond acceptors (Lipinski definition) is 6. The van der Waals surface area contributed by atoms with Gasteiger partial charge < -0.3 is 21.3 Å². The summed E-state index contributed by atoms with van der Waals surface area (Å²) in [4.78, 5) is 0. The van der Waals surface area contributed by atoms with Crippen molar-refractivity contribution < 1.29 is 9.84 Å². The monoisotopic (exact) mass is 274 g/mol. The molecule has 106 valence electrons. The first-order chi connectivity index (χ1) is 9.40. The predicted octanol–water partition coefficient (Wildman–Crippen LogP) is 0.535. The van der Waals surface area contributed by atoms with Gasteiger partial charge in [-0.15, -0.1) is 0 Å². The van der Waals surface area contributed by atoms with E-state index in [0.29, 0.717) is 22.7 Å². The maximum Gasteiger partial charge on any atom is 0.243 e. The normalized spacial score (nSPS) is 12.9. The zero-order chi connectivity index (χ0) is 14.8. The fourth-order valence-corrected chi connectivity index (χ4v) is 1.83. The topological polar surface area (TPSA) is 134 Å². The Kier molecular flexibility index (Phi) is 3.80. The van der Waals surface area contributed by atoms with Gasteiger partial charge in [-0.3, -0.25) is 11.5 Å². The van der Waals surface area contributed by atoms with Crippen molar-refractivity contribution in [2.75, 3.05) is 11.5 Å². The molecule has 2 aromatic carbocycles. The van der Waals surface area contributed by atoms with Gasteiger partial charge in [0.1, 0.15) is 11.9 Å². The molecule has 2 aromatic rings. The van der Waals surface area contributed by atoms with Crippen LogP contribution in [0.4, 0.5) is 11.4 Å². The van der Waals surface area contributed by atoms with E-state index in [-0.39, 0.29) is 0 Å². The number of benzene rings is 2. The van der Waals surface area contributed by atoms with E-state index in [1.54, 1.807) is 36.4 Å². The van der Waals surface area contributed by atoms with Crippen LogP contribution in [0.3, 0.4) is 0 Å². The zero-order valence-corrected chi connectivity index (χ0v) is 10.9. The van der Waals surface area contributed by atoms with Gasteiger partial charge in [0.2, 0.25) is 5.85 Å². The summed E-state index contributed by atoms with van der Waals surface area (Å²) in [6.45, 7) is 0. The van der Waals surface area contributed by atoms with Crippen LogP contribution in [0.25, 0.3) is 0 Å². The van der Waals surface area contributed by atoms with Crippen molar-refractivity contribution in [3.8, 4) is 5.75 Å².